The first-order valence-corrected chi connectivity index (χ1v) is 8.05. The minimum Gasteiger partial charge on any atom is -0.309 e. The molecule has 1 aliphatic heterocycles. The van der Waals surface area contributed by atoms with Crippen LogP contribution < -0.4 is 0 Å². The molecule has 1 aliphatic rings. The van der Waals surface area contributed by atoms with Gasteiger partial charge in [-0.2, -0.15) is 0 Å². The fourth-order valence-corrected chi connectivity index (χ4v) is 3.25. The Balaban J connectivity index is 1.95. The summed E-state index contributed by atoms with van der Waals surface area (Å²) in [6.07, 6.45) is 3.77. The van der Waals surface area contributed by atoms with Crippen molar-refractivity contribution < 1.29 is 9.59 Å². The highest BCUT2D eigenvalue weighted by atomic mass is 16.2. The number of carbonyl (C=O) groups excluding carboxylic acids is 2. The van der Waals surface area contributed by atoms with Gasteiger partial charge in [0, 0.05) is 18.9 Å². The van der Waals surface area contributed by atoms with Crippen LogP contribution in [0.5, 0.6) is 0 Å². The molecule has 2 amide bonds. The summed E-state index contributed by atoms with van der Waals surface area (Å²) in [5.41, 5.74) is 1.43. The number of rotatable bonds is 4. The smallest absolute Gasteiger partial charge is 0.262 e. The van der Waals surface area contributed by atoms with Crippen LogP contribution in [0.3, 0.4) is 0 Å². The quantitative estimate of drug-likeness (QED) is 0.811. The average Bonchev–Trinajstić information content (AvgIpc) is 2.92. The number of pyridine rings is 1. The normalized spacial score (nSPS) is 20.6. The van der Waals surface area contributed by atoms with E-state index in [1.807, 2.05) is 49.3 Å². The molecule has 1 saturated heterocycles. The number of hydrogen-bond acceptors (Lipinski definition) is 4. The Hall–Kier alpha value is -2.53. The number of aromatic nitrogens is 1. The van der Waals surface area contributed by atoms with Gasteiger partial charge in [0.1, 0.15) is 0 Å². The van der Waals surface area contributed by atoms with E-state index in [9.17, 15) is 9.59 Å². The van der Waals surface area contributed by atoms with E-state index in [0.717, 1.165) is 5.56 Å². The van der Waals surface area contributed by atoms with Gasteiger partial charge in [0.05, 0.1) is 17.5 Å². The average molecular weight is 323 g/mol. The van der Waals surface area contributed by atoms with Crippen LogP contribution in [0, 0.1) is 5.92 Å². The van der Waals surface area contributed by atoms with E-state index in [2.05, 4.69) is 4.98 Å². The lowest BCUT2D eigenvalue weighted by molar-refractivity contribution is -0.129. The summed E-state index contributed by atoms with van der Waals surface area (Å²) in [5.74, 6) is -0.555. The van der Waals surface area contributed by atoms with Gasteiger partial charge in [0.15, 0.2) is 0 Å². The lowest BCUT2D eigenvalue weighted by atomic mass is 9.99. The van der Waals surface area contributed by atoms with Crippen LogP contribution >= 0.6 is 0 Å². The first-order valence-electron chi connectivity index (χ1n) is 8.05. The number of hydrogen-bond donors (Lipinski definition) is 0. The van der Waals surface area contributed by atoms with Gasteiger partial charge in [-0.3, -0.25) is 19.5 Å². The van der Waals surface area contributed by atoms with Gasteiger partial charge in [-0.15, -0.1) is 0 Å². The highest BCUT2D eigenvalue weighted by Crippen LogP contribution is 2.37. The lowest BCUT2D eigenvalue weighted by Gasteiger charge is -2.23. The Morgan fingerprint density at radius 2 is 1.96 bits per heavy atom. The number of likely N-dealkylation sites (tertiary alicyclic amines) is 1. The summed E-state index contributed by atoms with van der Waals surface area (Å²) in [5, 5.41) is 0. The zero-order valence-corrected chi connectivity index (χ0v) is 13.9. The molecule has 124 valence electrons. The molecule has 5 nitrogen and oxygen atoms in total. The van der Waals surface area contributed by atoms with E-state index < -0.39 is 0 Å². The van der Waals surface area contributed by atoms with Crippen molar-refractivity contribution in [3.05, 3.63) is 66.0 Å². The van der Waals surface area contributed by atoms with Crippen molar-refractivity contribution in [1.29, 1.82) is 0 Å². The molecule has 1 aromatic carbocycles. The standard InChI is InChI=1S/C19H21N3O2/c1-21(2)13-16-11-17(14-7-4-3-5-8-14)22(19(16)24)18(23)15-9-6-10-20-12-15/h3-10,12,16-17H,11,13H2,1-2H3. The summed E-state index contributed by atoms with van der Waals surface area (Å²) >= 11 is 0. The van der Waals surface area contributed by atoms with Crippen LogP contribution in [0.15, 0.2) is 54.9 Å². The molecule has 0 bridgehead atoms. The van der Waals surface area contributed by atoms with E-state index in [0.29, 0.717) is 18.5 Å². The van der Waals surface area contributed by atoms with Gasteiger partial charge in [-0.05, 0) is 38.2 Å². The fraction of sp³-hybridized carbons (Fsp3) is 0.316. The third-order valence-electron chi connectivity index (χ3n) is 4.30. The van der Waals surface area contributed by atoms with Gasteiger partial charge in [0.25, 0.3) is 5.91 Å². The molecule has 2 unspecified atom stereocenters. The van der Waals surface area contributed by atoms with Crippen molar-refractivity contribution in [2.24, 2.45) is 5.92 Å². The summed E-state index contributed by atoms with van der Waals surface area (Å²) < 4.78 is 0. The fourth-order valence-electron chi connectivity index (χ4n) is 3.25. The molecule has 2 heterocycles. The summed E-state index contributed by atoms with van der Waals surface area (Å²) in [7, 11) is 3.88. The number of nitrogens with zero attached hydrogens (tertiary/aromatic N) is 3. The molecule has 0 radical (unpaired) electrons. The molecular formula is C19H21N3O2. The maximum Gasteiger partial charge on any atom is 0.262 e. The molecule has 0 N–H and O–H groups in total. The predicted octanol–water partition coefficient (Wildman–Crippen LogP) is 2.37. The number of amides is 2. The van der Waals surface area contributed by atoms with Crippen LogP contribution in [0.25, 0.3) is 0 Å². The highest BCUT2D eigenvalue weighted by Gasteiger charge is 2.43. The number of carbonyl (C=O) groups is 2. The monoisotopic (exact) mass is 323 g/mol. The molecule has 0 saturated carbocycles. The van der Waals surface area contributed by atoms with Gasteiger partial charge in [-0.25, -0.2) is 0 Å². The molecule has 3 rings (SSSR count). The third kappa shape index (κ3) is 3.21. The molecule has 0 aliphatic carbocycles. The maximum atomic E-state index is 12.9. The molecule has 5 heteroatoms. The molecule has 2 aromatic rings. The van der Waals surface area contributed by atoms with Crippen molar-refractivity contribution in [2.75, 3.05) is 20.6 Å². The highest BCUT2D eigenvalue weighted by molar-refractivity contribution is 6.06. The van der Waals surface area contributed by atoms with Gasteiger partial charge in [0.2, 0.25) is 5.91 Å². The van der Waals surface area contributed by atoms with Gasteiger partial charge < -0.3 is 4.90 Å². The molecule has 0 spiro atoms. The van der Waals surface area contributed by atoms with Crippen molar-refractivity contribution in [3.63, 3.8) is 0 Å². The van der Waals surface area contributed by atoms with E-state index in [4.69, 9.17) is 0 Å². The summed E-state index contributed by atoms with van der Waals surface area (Å²) in [6.45, 7) is 0.638. The maximum absolute atomic E-state index is 12.9. The van der Waals surface area contributed by atoms with Crippen LogP contribution in [-0.2, 0) is 4.79 Å². The van der Waals surface area contributed by atoms with Gasteiger partial charge in [-0.1, -0.05) is 30.3 Å². The Morgan fingerprint density at radius 3 is 2.58 bits per heavy atom. The predicted molar refractivity (Wildman–Crippen MR) is 91.3 cm³/mol. The Morgan fingerprint density at radius 1 is 1.21 bits per heavy atom. The van der Waals surface area contributed by atoms with Crippen LogP contribution in [-0.4, -0.2) is 47.2 Å². The van der Waals surface area contributed by atoms with E-state index in [1.54, 1.807) is 18.3 Å². The second-order valence-corrected chi connectivity index (χ2v) is 6.38. The second kappa shape index (κ2) is 6.93. The molecular weight excluding hydrogens is 302 g/mol. The zero-order valence-electron chi connectivity index (χ0n) is 13.9. The minimum absolute atomic E-state index is 0.105. The zero-order chi connectivity index (χ0) is 17.1. The Labute approximate surface area is 141 Å². The molecule has 1 fully saturated rings. The van der Waals surface area contributed by atoms with Crippen LogP contribution in [0.2, 0.25) is 0 Å². The van der Waals surface area contributed by atoms with Crippen molar-refractivity contribution >= 4 is 11.8 Å². The van der Waals surface area contributed by atoms with E-state index in [1.165, 1.54) is 11.1 Å². The third-order valence-corrected chi connectivity index (χ3v) is 4.30. The van der Waals surface area contributed by atoms with Gasteiger partial charge >= 0.3 is 0 Å². The SMILES string of the molecule is CN(C)CC1CC(c2ccccc2)N(C(=O)c2cccnc2)C1=O. The number of benzene rings is 1. The van der Waals surface area contributed by atoms with E-state index in [-0.39, 0.29) is 23.8 Å². The minimum atomic E-state index is -0.275. The first-order chi connectivity index (χ1) is 11.6. The van der Waals surface area contributed by atoms with Crippen molar-refractivity contribution in [3.8, 4) is 0 Å². The Bertz CT molecular complexity index is 716. The summed E-state index contributed by atoms with van der Waals surface area (Å²) in [4.78, 5) is 33.2. The van der Waals surface area contributed by atoms with Crippen LogP contribution in [0.1, 0.15) is 28.4 Å². The van der Waals surface area contributed by atoms with Crippen molar-refractivity contribution in [1.82, 2.24) is 14.8 Å². The Kier molecular flexibility index (Phi) is 4.71. The second-order valence-electron chi connectivity index (χ2n) is 6.38. The summed E-state index contributed by atoms with van der Waals surface area (Å²) in [6, 6.07) is 12.9. The van der Waals surface area contributed by atoms with Crippen molar-refractivity contribution in [2.45, 2.75) is 12.5 Å². The largest absolute Gasteiger partial charge is 0.309 e. The topological polar surface area (TPSA) is 53.5 Å². The van der Waals surface area contributed by atoms with E-state index >= 15 is 0 Å². The molecule has 2 atom stereocenters. The molecule has 1 aromatic heterocycles. The van der Waals surface area contributed by atoms with Crippen LogP contribution in [0.4, 0.5) is 0 Å². The number of imide groups is 1. The molecule has 24 heavy (non-hydrogen) atoms. The first kappa shape index (κ1) is 16.3. The lowest BCUT2D eigenvalue weighted by Crippen LogP contribution is -2.37.